The summed E-state index contributed by atoms with van der Waals surface area (Å²) >= 11 is 2.93. The van der Waals surface area contributed by atoms with Crippen molar-refractivity contribution in [2.45, 2.75) is 0 Å². The van der Waals surface area contributed by atoms with E-state index in [2.05, 4.69) is 27.8 Å². The average Bonchev–Trinajstić information content (AvgIpc) is 2.33. The maximum absolute atomic E-state index is 13.8. The minimum atomic E-state index is -1.18. The fourth-order valence-electron chi connectivity index (χ4n) is 1.28. The third kappa shape index (κ3) is 3.82. The number of carboxylic acids is 1. The van der Waals surface area contributed by atoms with E-state index in [1.54, 1.807) is 6.08 Å². The van der Waals surface area contributed by atoms with Crippen molar-refractivity contribution in [1.29, 1.82) is 0 Å². The Balaban J connectivity index is 2.65. The molecule has 98 valence electrons. The second-order valence-electron chi connectivity index (χ2n) is 3.38. The quantitative estimate of drug-likeness (QED) is 0.599. The van der Waals surface area contributed by atoms with E-state index < -0.39 is 11.8 Å². The van der Waals surface area contributed by atoms with Crippen LogP contribution in [-0.4, -0.2) is 30.8 Å². The highest BCUT2D eigenvalue weighted by Gasteiger charge is 2.15. The molecule has 0 radical (unpaired) electrons. The number of halogens is 2. The first kappa shape index (κ1) is 14.7. The minimum absolute atomic E-state index is 0.0630. The van der Waals surface area contributed by atoms with Crippen LogP contribution in [0, 0.1) is 5.82 Å². The van der Waals surface area contributed by atoms with Crippen LogP contribution < -0.4 is 5.32 Å². The molecule has 0 bridgehead atoms. The number of carboxylic acid groups (broad SMARTS) is 1. The van der Waals surface area contributed by atoms with E-state index in [9.17, 15) is 9.18 Å². The Hall–Kier alpha value is -1.40. The van der Waals surface area contributed by atoms with Crippen LogP contribution in [-0.2, 0) is 4.74 Å². The standard InChI is InChI=1S/C12H13BrFNO3/c1-2-6-18-7-5-15-9-4-3-8(12(16)17)10(13)11(9)14/h2-4,15H,1,5-7H2,(H,16,17). The largest absolute Gasteiger partial charge is 0.478 e. The fraction of sp³-hybridized carbons (Fsp3) is 0.250. The Morgan fingerprint density at radius 1 is 1.61 bits per heavy atom. The molecule has 18 heavy (non-hydrogen) atoms. The smallest absolute Gasteiger partial charge is 0.336 e. The number of benzene rings is 1. The van der Waals surface area contributed by atoms with Gasteiger partial charge in [0.25, 0.3) is 0 Å². The van der Waals surface area contributed by atoms with Crippen molar-refractivity contribution in [3.63, 3.8) is 0 Å². The SMILES string of the molecule is C=CCOCCNc1ccc(C(=O)O)c(Br)c1F. The monoisotopic (exact) mass is 317 g/mol. The summed E-state index contributed by atoms with van der Waals surface area (Å²) in [4.78, 5) is 10.8. The molecule has 0 unspecified atom stereocenters. The van der Waals surface area contributed by atoms with Crippen molar-refractivity contribution in [3.05, 3.63) is 40.6 Å². The average molecular weight is 318 g/mol. The molecule has 1 rings (SSSR count). The number of carbonyl (C=O) groups is 1. The molecule has 0 aliphatic rings. The van der Waals surface area contributed by atoms with Crippen LogP contribution >= 0.6 is 15.9 Å². The topological polar surface area (TPSA) is 58.6 Å². The van der Waals surface area contributed by atoms with Gasteiger partial charge in [-0.15, -0.1) is 6.58 Å². The highest BCUT2D eigenvalue weighted by Crippen LogP contribution is 2.26. The van der Waals surface area contributed by atoms with Gasteiger partial charge in [-0.05, 0) is 28.1 Å². The van der Waals surface area contributed by atoms with Crippen molar-refractivity contribution in [2.75, 3.05) is 25.1 Å². The van der Waals surface area contributed by atoms with Gasteiger partial charge in [-0.25, -0.2) is 9.18 Å². The van der Waals surface area contributed by atoms with Gasteiger partial charge in [0.1, 0.15) is 0 Å². The summed E-state index contributed by atoms with van der Waals surface area (Å²) < 4.78 is 18.8. The van der Waals surface area contributed by atoms with E-state index in [1.807, 2.05) is 0 Å². The molecule has 0 saturated carbocycles. The van der Waals surface area contributed by atoms with Gasteiger partial charge >= 0.3 is 5.97 Å². The lowest BCUT2D eigenvalue weighted by atomic mass is 10.2. The number of anilines is 1. The fourth-order valence-corrected chi connectivity index (χ4v) is 1.79. The van der Waals surface area contributed by atoms with Gasteiger partial charge < -0.3 is 15.2 Å². The van der Waals surface area contributed by atoms with Crippen LogP contribution in [0.4, 0.5) is 10.1 Å². The number of nitrogens with one attached hydrogen (secondary N) is 1. The summed E-state index contributed by atoms with van der Waals surface area (Å²) in [6, 6.07) is 2.72. The zero-order valence-electron chi connectivity index (χ0n) is 9.58. The third-order valence-corrected chi connectivity index (χ3v) is 2.89. The van der Waals surface area contributed by atoms with E-state index >= 15 is 0 Å². The van der Waals surface area contributed by atoms with E-state index in [1.165, 1.54) is 12.1 Å². The number of hydrogen-bond donors (Lipinski definition) is 2. The van der Waals surface area contributed by atoms with Crippen LogP contribution in [0.2, 0.25) is 0 Å². The summed E-state index contributed by atoms with van der Waals surface area (Å²) in [7, 11) is 0. The van der Waals surface area contributed by atoms with Gasteiger partial charge in [0.05, 0.1) is 28.9 Å². The number of ether oxygens (including phenoxy) is 1. The van der Waals surface area contributed by atoms with E-state index in [4.69, 9.17) is 9.84 Å². The summed E-state index contributed by atoms with van der Waals surface area (Å²) in [5.74, 6) is -1.81. The van der Waals surface area contributed by atoms with Crippen LogP contribution in [0.1, 0.15) is 10.4 Å². The second kappa shape index (κ2) is 7.13. The Morgan fingerprint density at radius 2 is 2.33 bits per heavy atom. The van der Waals surface area contributed by atoms with Gasteiger partial charge in [0.15, 0.2) is 5.82 Å². The molecule has 0 heterocycles. The molecule has 0 aliphatic carbocycles. The Labute approximate surface area is 113 Å². The molecule has 0 amide bonds. The zero-order chi connectivity index (χ0) is 13.5. The molecule has 0 spiro atoms. The van der Waals surface area contributed by atoms with Crippen molar-refractivity contribution in [1.82, 2.24) is 0 Å². The van der Waals surface area contributed by atoms with Crippen LogP contribution in [0.15, 0.2) is 29.3 Å². The number of hydrogen-bond acceptors (Lipinski definition) is 3. The van der Waals surface area contributed by atoms with Gasteiger partial charge in [0.2, 0.25) is 0 Å². The molecule has 2 N–H and O–H groups in total. The van der Waals surface area contributed by atoms with Crippen molar-refractivity contribution in [2.24, 2.45) is 0 Å². The molecule has 0 saturated heterocycles. The molecule has 1 aromatic rings. The van der Waals surface area contributed by atoms with Gasteiger partial charge in [-0.1, -0.05) is 6.08 Å². The van der Waals surface area contributed by atoms with Crippen molar-refractivity contribution >= 4 is 27.6 Å². The molecular formula is C12H13BrFNO3. The molecule has 4 nitrogen and oxygen atoms in total. The normalized spacial score (nSPS) is 10.1. The van der Waals surface area contributed by atoms with Crippen LogP contribution in [0.3, 0.4) is 0 Å². The Kier molecular flexibility index (Phi) is 5.80. The molecule has 6 heteroatoms. The van der Waals surface area contributed by atoms with Crippen molar-refractivity contribution in [3.8, 4) is 0 Å². The predicted octanol–water partition coefficient (Wildman–Crippen LogP) is 2.90. The molecular weight excluding hydrogens is 305 g/mol. The highest BCUT2D eigenvalue weighted by molar-refractivity contribution is 9.10. The summed E-state index contributed by atoms with van der Waals surface area (Å²) in [5.41, 5.74) is 0.120. The van der Waals surface area contributed by atoms with Gasteiger partial charge in [0, 0.05) is 6.54 Å². The molecule has 1 aromatic carbocycles. The Morgan fingerprint density at radius 3 is 2.94 bits per heavy atom. The first-order valence-corrected chi connectivity index (χ1v) is 6.01. The highest BCUT2D eigenvalue weighted by atomic mass is 79.9. The zero-order valence-corrected chi connectivity index (χ0v) is 11.2. The lowest BCUT2D eigenvalue weighted by Gasteiger charge is -2.10. The number of aromatic carboxylic acids is 1. The van der Waals surface area contributed by atoms with Gasteiger partial charge in [-0.2, -0.15) is 0 Å². The first-order chi connectivity index (χ1) is 8.57. The van der Waals surface area contributed by atoms with Gasteiger partial charge in [-0.3, -0.25) is 0 Å². The molecule has 0 fully saturated rings. The first-order valence-electron chi connectivity index (χ1n) is 5.21. The predicted molar refractivity (Wildman–Crippen MR) is 70.6 cm³/mol. The summed E-state index contributed by atoms with van der Waals surface area (Å²) in [5, 5.41) is 11.6. The summed E-state index contributed by atoms with van der Waals surface area (Å²) in [6.07, 6.45) is 1.62. The lowest BCUT2D eigenvalue weighted by Crippen LogP contribution is -2.11. The molecule has 0 aromatic heterocycles. The van der Waals surface area contributed by atoms with E-state index in [0.717, 1.165) is 0 Å². The second-order valence-corrected chi connectivity index (χ2v) is 4.18. The Bertz CT molecular complexity index is 451. The van der Waals surface area contributed by atoms with Crippen LogP contribution in [0.5, 0.6) is 0 Å². The molecule has 0 aliphatic heterocycles. The third-order valence-electron chi connectivity index (χ3n) is 2.11. The maximum atomic E-state index is 13.8. The van der Waals surface area contributed by atoms with Crippen molar-refractivity contribution < 1.29 is 19.0 Å². The van der Waals surface area contributed by atoms with Crippen LogP contribution in [0.25, 0.3) is 0 Å². The maximum Gasteiger partial charge on any atom is 0.336 e. The molecule has 0 atom stereocenters. The summed E-state index contributed by atoms with van der Waals surface area (Å²) in [6.45, 7) is 4.76. The van der Waals surface area contributed by atoms with E-state index in [-0.39, 0.29) is 15.7 Å². The minimum Gasteiger partial charge on any atom is -0.478 e. The van der Waals surface area contributed by atoms with E-state index in [0.29, 0.717) is 19.8 Å². The number of rotatable bonds is 7. The lowest BCUT2D eigenvalue weighted by molar-refractivity contribution is 0.0695.